The highest BCUT2D eigenvalue weighted by Crippen LogP contribution is 2.41. The molecule has 3 aromatic rings. The number of benzene rings is 1. The summed E-state index contributed by atoms with van der Waals surface area (Å²) in [6.45, 7) is 6.41. The number of nitrogens with one attached hydrogen (secondary N) is 1. The second-order valence-electron chi connectivity index (χ2n) is 7.49. The Bertz CT molecular complexity index is 1070. The lowest BCUT2D eigenvalue weighted by Crippen LogP contribution is -2.41. The summed E-state index contributed by atoms with van der Waals surface area (Å²) in [4.78, 5) is 22.0. The first kappa shape index (κ1) is 19.3. The summed E-state index contributed by atoms with van der Waals surface area (Å²) in [6.07, 6.45) is 1.29. The van der Waals surface area contributed by atoms with Crippen LogP contribution < -0.4 is 9.64 Å². The minimum atomic E-state index is -0.571. The molecule has 2 aromatic heterocycles. The summed E-state index contributed by atoms with van der Waals surface area (Å²) in [5.74, 6) is 0.653. The van der Waals surface area contributed by atoms with E-state index in [9.17, 15) is 4.79 Å². The van der Waals surface area contributed by atoms with Crippen LogP contribution in [0.25, 0.3) is 22.2 Å². The molecule has 0 saturated heterocycles. The molecule has 0 saturated carbocycles. The average Bonchev–Trinajstić information content (AvgIpc) is 2.96. The number of nitrogens with zero attached hydrogens (tertiary/aromatic N) is 2. The standard InChI is InChI=1S/C20H19ClIN3O3/c1-20(2,3)28-19(26)25-8-9-27-14-5-4-11(10-13(14)25)15-16-12(21)6-7-23-18(16)24-17(15)22/h4-7,10H,8-9H2,1-3H3,(H,23,24). The molecule has 8 heteroatoms. The molecular weight excluding hydrogens is 493 g/mol. The number of amides is 1. The first-order chi connectivity index (χ1) is 13.2. The molecule has 0 radical (unpaired) electrons. The van der Waals surface area contributed by atoms with E-state index in [2.05, 4.69) is 32.6 Å². The highest BCUT2D eigenvalue weighted by atomic mass is 127. The normalized spacial score (nSPS) is 14.0. The third-order valence-corrected chi connectivity index (χ3v) is 5.45. The quantitative estimate of drug-likeness (QED) is 0.431. The predicted octanol–water partition coefficient (Wildman–Crippen LogP) is 5.62. The molecule has 1 aliphatic heterocycles. The zero-order chi connectivity index (χ0) is 20.1. The number of anilines is 1. The van der Waals surface area contributed by atoms with Crippen molar-refractivity contribution in [2.45, 2.75) is 26.4 Å². The molecule has 1 N–H and O–H groups in total. The Morgan fingerprint density at radius 2 is 2.14 bits per heavy atom. The van der Waals surface area contributed by atoms with Crippen molar-refractivity contribution >= 4 is 57.0 Å². The van der Waals surface area contributed by atoms with E-state index in [-0.39, 0.29) is 6.09 Å². The van der Waals surface area contributed by atoms with Crippen molar-refractivity contribution in [1.29, 1.82) is 0 Å². The van der Waals surface area contributed by atoms with E-state index < -0.39 is 5.60 Å². The third kappa shape index (κ3) is 3.53. The molecule has 0 aliphatic carbocycles. The predicted molar refractivity (Wildman–Crippen MR) is 118 cm³/mol. The Labute approximate surface area is 181 Å². The number of hydrogen-bond acceptors (Lipinski definition) is 4. The van der Waals surface area contributed by atoms with Crippen molar-refractivity contribution < 1.29 is 14.3 Å². The Morgan fingerprint density at radius 1 is 1.36 bits per heavy atom. The summed E-state index contributed by atoms with van der Waals surface area (Å²) in [7, 11) is 0. The van der Waals surface area contributed by atoms with Crippen molar-refractivity contribution in [3.8, 4) is 16.9 Å². The Balaban J connectivity index is 1.82. The van der Waals surface area contributed by atoms with Crippen LogP contribution >= 0.6 is 34.2 Å². The van der Waals surface area contributed by atoms with Gasteiger partial charge in [-0.05, 0) is 67.1 Å². The van der Waals surface area contributed by atoms with Gasteiger partial charge in [0.25, 0.3) is 0 Å². The zero-order valence-electron chi connectivity index (χ0n) is 15.7. The van der Waals surface area contributed by atoms with Gasteiger partial charge in [0, 0.05) is 17.1 Å². The van der Waals surface area contributed by atoms with Crippen LogP contribution in [0.1, 0.15) is 20.8 Å². The maximum absolute atomic E-state index is 12.7. The second-order valence-corrected chi connectivity index (χ2v) is 8.98. The fourth-order valence-electron chi connectivity index (χ4n) is 3.20. The first-order valence-corrected chi connectivity index (χ1v) is 10.3. The van der Waals surface area contributed by atoms with Crippen LogP contribution in [0.2, 0.25) is 5.02 Å². The second kappa shape index (κ2) is 7.11. The number of carbonyl (C=O) groups is 1. The van der Waals surface area contributed by atoms with Crippen molar-refractivity contribution in [3.63, 3.8) is 0 Å². The minimum Gasteiger partial charge on any atom is -0.490 e. The molecular formula is C20H19ClIN3O3. The lowest BCUT2D eigenvalue weighted by Gasteiger charge is -2.32. The zero-order valence-corrected chi connectivity index (χ0v) is 18.6. The molecule has 3 heterocycles. The van der Waals surface area contributed by atoms with E-state index >= 15 is 0 Å². The van der Waals surface area contributed by atoms with Gasteiger partial charge in [0.05, 0.1) is 21.0 Å². The van der Waals surface area contributed by atoms with Gasteiger partial charge in [-0.3, -0.25) is 4.90 Å². The van der Waals surface area contributed by atoms with Crippen LogP contribution in [0.4, 0.5) is 10.5 Å². The fraction of sp³-hybridized carbons (Fsp3) is 0.300. The van der Waals surface area contributed by atoms with E-state index in [1.807, 2.05) is 39.0 Å². The Kier molecular flexibility index (Phi) is 4.91. The molecule has 4 rings (SSSR count). The number of aromatic nitrogens is 2. The van der Waals surface area contributed by atoms with Gasteiger partial charge in [-0.1, -0.05) is 17.7 Å². The molecule has 0 spiro atoms. The van der Waals surface area contributed by atoms with Crippen molar-refractivity contribution in [1.82, 2.24) is 9.97 Å². The number of halogens is 2. The molecule has 28 heavy (non-hydrogen) atoms. The molecule has 0 unspecified atom stereocenters. The van der Waals surface area contributed by atoms with Gasteiger partial charge in [0.2, 0.25) is 0 Å². The van der Waals surface area contributed by atoms with Crippen LogP contribution in [0.15, 0.2) is 30.5 Å². The van der Waals surface area contributed by atoms with E-state index in [4.69, 9.17) is 21.1 Å². The van der Waals surface area contributed by atoms with E-state index in [0.29, 0.717) is 29.6 Å². The number of carbonyl (C=O) groups excluding carboxylic acids is 1. The molecule has 1 aromatic carbocycles. The minimum absolute atomic E-state index is 0.387. The van der Waals surface area contributed by atoms with Gasteiger partial charge < -0.3 is 14.5 Å². The van der Waals surface area contributed by atoms with Crippen molar-refractivity contribution in [2.24, 2.45) is 0 Å². The van der Waals surface area contributed by atoms with Crippen LogP contribution in [0, 0.1) is 3.70 Å². The molecule has 0 fully saturated rings. The highest BCUT2D eigenvalue weighted by Gasteiger charge is 2.29. The number of fused-ring (bicyclic) bond motifs is 2. The molecule has 146 valence electrons. The average molecular weight is 512 g/mol. The van der Waals surface area contributed by atoms with Gasteiger partial charge >= 0.3 is 6.09 Å². The summed E-state index contributed by atoms with van der Waals surface area (Å²) in [6, 6.07) is 7.55. The molecule has 1 amide bonds. The lowest BCUT2D eigenvalue weighted by atomic mass is 10.0. The SMILES string of the molecule is CC(C)(C)OC(=O)N1CCOc2ccc(-c3c(I)[nH]c4nccc(Cl)c34)cc21. The van der Waals surface area contributed by atoms with Crippen LogP contribution in [-0.2, 0) is 4.74 Å². The van der Waals surface area contributed by atoms with Gasteiger partial charge in [0.15, 0.2) is 0 Å². The van der Waals surface area contributed by atoms with Crippen molar-refractivity contribution in [3.05, 3.63) is 39.2 Å². The van der Waals surface area contributed by atoms with E-state index in [0.717, 1.165) is 25.9 Å². The summed E-state index contributed by atoms with van der Waals surface area (Å²) < 4.78 is 12.2. The number of H-pyrrole nitrogens is 1. The number of ether oxygens (including phenoxy) is 2. The molecule has 6 nitrogen and oxygen atoms in total. The summed E-state index contributed by atoms with van der Waals surface area (Å²) in [5.41, 5.74) is 2.71. The van der Waals surface area contributed by atoms with Crippen molar-refractivity contribution in [2.75, 3.05) is 18.1 Å². The highest BCUT2D eigenvalue weighted by molar-refractivity contribution is 14.1. The first-order valence-electron chi connectivity index (χ1n) is 8.84. The molecule has 0 atom stereocenters. The van der Waals surface area contributed by atoms with Crippen LogP contribution in [-0.4, -0.2) is 34.8 Å². The van der Waals surface area contributed by atoms with Gasteiger partial charge in [-0.2, -0.15) is 0 Å². The van der Waals surface area contributed by atoms with Gasteiger partial charge in [-0.15, -0.1) is 0 Å². The Hall–Kier alpha value is -2.00. The lowest BCUT2D eigenvalue weighted by molar-refractivity contribution is 0.0568. The number of pyridine rings is 1. The number of rotatable bonds is 1. The molecule has 1 aliphatic rings. The topological polar surface area (TPSA) is 67.4 Å². The Morgan fingerprint density at radius 3 is 2.89 bits per heavy atom. The maximum atomic E-state index is 12.7. The third-order valence-electron chi connectivity index (χ3n) is 4.32. The van der Waals surface area contributed by atoms with Gasteiger partial charge in [0.1, 0.15) is 23.6 Å². The smallest absolute Gasteiger partial charge is 0.415 e. The summed E-state index contributed by atoms with van der Waals surface area (Å²) in [5, 5.41) is 1.48. The largest absolute Gasteiger partial charge is 0.490 e. The van der Waals surface area contributed by atoms with Gasteiger partial charge in [-0.25, -0.2) is 9.78 Å². The fourth-order valence-corrected chi connectivity index (χ4v) is 4.27. The maximum Gasteiger partial charge on any atom is 0.415 e. The van der Waals surface area contributed by atoms with E-state index in [1.165, 1.54) is 0 Å². The summed E-state index contributed by atoms with van der Waals surface area (Å²) >= 11 is 8.68. The monoisotopic (exact) mass is 511 g/mol. The van der Waals surface area contributed by atoms with Crippen LogP contribution in [0.3, 0.4) is 0 Å². The van der Waals surface area contributed by atoms with Crippen LogP contribution in [0.5, 0.6) is 5.75 Å². The number of hydrogen-bond donors (Lipinski definition) is 1. The molecule has 0 bridgehead atoms. The van der Waals surface area contributed by atoms with E-state index in [1.54, 1.807) is 17.2 Å². The number of aromatic amines is 1.